The number of hydrogen-bond acceptors (Lipinski definition) is 6. The van der Waals surface area contributed by atoms with Crippen molar-refractivity contribution in [3.63, 3.8) is 0 Å². The molecule has 0 radical (unpaired) electrons. The summed E-state index contributed by atoms with van der Waals surface area (Å²) in [6, 6.07) is 23.2. The van der Waals surface area contributed by atoms with Crippen molar-refractivity contribution in [3.05, 3.63) is 94.8 Å². The maximum Gasteiger partial charge on any atom is 0.247 e. The fourth-order valence-electron chi connectivity index (χ4n) is 3.69. The van der Waals surface area contributed by atoms with Gasteiger partial charge in [-0.05, 0) is 67.8 Å². The van der Waals surface area contributed by atoms with Gasteiger partial charge in [0.1, 0.15) is 6.04 Å². The van der Waals surface area contributed by atoms with Gasteiger partial charge in [0, 0.05) is 17.1 Å². The second-order valence-corrected chi connectivity index (χ2v) is 8.09. The smallest absolute Gasteiger partial charge is 0.247 e. The third-order valence-corrected chi connectivity index (χ3v) is 5.50. The Morgan fingerprint density at radius 2 is 1.66 bits per heavy atom. The topological polar surface area (TPSA) is 69.4 Å². The Hall–Kier alpha value is -3.06. The number of nitrogens with zero attached hydrogens (tertiary/aromatic N) is 2. The number of ether oxygens (including phenoxy) is 2. The predicted octanol–water partition coefficient (Wildman–Crippen LogP) is 6.53. The van der Waals surface area contributed by atoms with Crippen molar-refractivity contribution >= 4 is 24.0 Å². The van der Waals surface area contributed by atoms with Crippen molar-refractivity contribution in [2.45, 2.75) is 26.3 Å². The number of halogens is 2. The molecule has 4 rings (SSSR count). The average Bonchev–Trinajstić information content (AvgIpc) is 3.34. The Balaban J connectivity index is 0.00000342. The molecule has 0 aliphatic carbocycles. The highest BCUT2D eigenvalue weighted by molar-refractivity contribution is 6.30. The molecule has 8 heteroatoms. The molecule has 1 N–H and O–H groups in total. The molecule has 1 atom stereocenters. The molecule has 0 bridgehead atoms. The molecule has 0 amide bonds. The molecule has 0 fully saturated rings. The minimum absolute atomic E-state index is 0. The zero-order valence-electron chi connectivity index (χ0n) is 19.7. The Kier molecular flexibility index (Phi) is 9.97. The van der Waals surface area contributed by atoms with Gasteiger partial charge >= 0.3 is 0 Å². The van der Waals surface area contributed by atoms with E-state index in [0.717, 1.165) is 34.6 Å². The molecular formula is C27H29Cl2N3O3. The van der Waals surface area contributed by atoms with E-state index in [2.05, 4.69) is 21.6 Å². The third-order valence-electron chi connectivity index (χ3n) is 5.26. The van der Waals surface area contributed by atoms with Gasteiger partial charge in [-0.15, -0.1) is 22.6 Å². The Morgan fingerprint density at radius 3 is 2.40 bits per heavy atom. The molecule has 0 aliphatic rings. The van der Waals surface area contributed by atoms with Crippen LogP contribution < -0.4 is 14.8 Å². The number of benzene rings is 3. The second kappa shape index (κ2) is 13.1. The maximum absolute atomic E-state index is 6.27. The minimum atomic E-state index is -0.294. The van der Waals surface area contributed by atoms with Gasteiger partial charge < -0.3 is 19.2 Å². The van der Waals surface area contributed by atoms with Crippen molar-refractivity contribution in [2.75, 3.05) is 19.8 Å². The van der Waals surface area contributed by atoms with E-state index in [-0.39, 0.29) is 18.4 Å². The average molecular weight is 514 g/mol. The fourth-order valence-corrected chi connectivity index (χ4v) is 3.89. The Bertz CT molecular complexity index is 1200. The lowest BCUT2D eigenvalue weighted by molar-refractivity contribution is 0.287. The summed E-state index contributed by atoms with van der Waals surface area (Å²) in [6.45, 7) is 5.79. The zero-order valence-corrected chi connectivity index (χ0v) is 21.3. The molecular weight excluding hydrogens is 485 g/mol. The van der Waals surface area contributed by atoms with Crippen molar-refractivity contribution in [1.29, 1.82) is 0 Å². The molecule has 3 aromatic carbocycles. The molecule has 0 spiro atoms. The Labute approximate surface area is 217 Å². The van der Waals surface area contributed by atoms with E-state index >= 15 is 0 Å². The molecule has 35 heavy (non-hydrogen) atoms. The van der Waals surface area contributed by atoms with Crippen molar-refractivity contribution < 1.29 is 13.9 Å². The Morgan fingerprint density at radius 1 is 0.886 bits per heavy atom. The van der Waals surface area contributed by atoms with Gasteiger partial charge in [-0.3, -0.25) is 0 Å². The molecule has 6 nitrogen and oxygen atoms in total. The van der Waals surface area contributed by atoms with Crippen LogP contribution in [0.15, 0.2) is 77.2 Å². The molecule has 1 unspecified atom stereocenters. The van der Waals surface area contributed by atoms with Crippen molar-refractivity contribution in [3.8, 4) is 23.0 Å². The summed E-state index contributed by atoms with van der Waals surface area (Å²) in [7, 11) is 0. The zero-order chi connectivity index (χ0) is 23.8. The number of hydrogen-bond donors (Lipinski definition) is 1. The third kappa shape index (κ3) is 6.98. The monoisotopic (exact) mass is 513 g/mol. The van der Waals surface area contributed by atoms with Crippen molar-refractivity contribution in [2.24, 2.45) is 0 Å². The molecule has 4 aromatic rings. The molecule has 0 aliphatic heterocycles. The van der Waals surface area contributed by atoms with Crippen LogP contribution in [0.2, 0.25) is 5.02 Å². The first kappa shape index (κ1) is 26.5. The number of nitrogens with one attached hydrogen (secondary N) is 1. The lowest BCUT2D eigenvalue weighted by Crippen LogP contribution is -2.25. The highest BCUT2D eigenvalue weighted by Gasteiger charge is 2.21. The lowest BCUT2D eigenvalue weighted by atomic mass is 10.1. The van der Waals surface area contributed by atoms with Crippen molar-refractivity contribution in [1.82, 2.24) is 15.5 Å². The van der Waals surface area contributed by atoms with Crippen LogP contribution in [0, 0.1) is 0 Å². The quantitative estimate of drug-likeness (QED) is 0.245. The van der Waals surface area contributed by atoms with E-state index in [1.54, 1.807) is 0 Å². The molecule has 0 saturated carbocycles. The van der Waals surface area contributed by atoms with Crippen LogP contribution in [-0.4, -0.2) is 30.0 Å². The minimum Gasteiger partial charge on any atom is -0.490 e. The van der Waals surface area contributed by atoms with E-state index in [4.69, 9.17) is 25.5 Å². The van der Waals surface area contributed by atoms with E-state index in [0.29, 0.717) is 36.6 Å². The highest BCUT2D eigenvalue weighted by Crippen LogP contribution is 2.29. The van der Waals surface area contributed by atoms with Crippen LogP contribution in [-0.2, 0) is 6.42 Å². The summed E-state index contributed by atoms with van der Waals surface area (Å²) in [4.78, 5) is 0. The second-order valence-electron chi connectivity index (χ2n) is 7.65. The van der Waals surface area contributed by atoms with Gasteiger partial charge in [0.05, 0.1) is 13.2 Å². The summed E-state index contributed by atoms with van der Waals surface area (Å²) in [5.74, 6) is 2.50. The summed E-state index contributed by atoms with van der Waals surface area (Å²) in [5, 5.41) is 12.8. The lowest BCUT2D eigenvalue weighted by Gasteiger charge is -2.17. The fraction of sp³-hybridized carbons (Fsp3) is 0.259. The van der Waals surface area contributed by atoms with Crippen LogP contribution in [0.5, 0.6) is 11.5 Å². The van der Waals surface area contributed by atoms with Gasteiger partial charge in [-0.2, -0.15) is 0 Å². The largest absolute Gasteiger partial charge is 0.490 e. The number of aromatic nitrogens is 2. The maximum atomic E-state index is 6.27. The number of rotatable bonds is 11. The van der Waals surface area contributed by atoms with E-state index in [9.17, 15) is 0 Å². The molecule has 0 saturated heterocycles. The highest BCUT2D eigenvalue weighted by atomic mass is 35.5. The summed E-state index contributed by atoms with van der Waals surface area (Å²) in [6.07, 6.45) is 0.781. The molecule has 184 valence electrons. The van der Waals surface area contributed by atoms with Gasteiger partial charge in [0.25, 0.3) is 0 Å². The van der Waals surface area contributed by atoms with Crippen LogP contribution in [0.1, 0.15) is 36.9 Å². The van der Waals surface area contributed by atoms with E-state index in [1.165, 1.54) is 0 Å². The predicted molar refractivity (Wildman–Crippen MR) is 141 cm³/mol. The first-order chi connectivity index (χ1) is 16.7. The molecule has 1 aromatic heterocycles. The normalized spacial score (nSPS) is 11.5. The van der Waals surface area contributed by atoms with Gasteiger partial charge in [-0.1, -0.05) is 48.0 Å². The summed E-state index contributed by atoms with van der Waals surface area (Å²) in [5.41, 5.74) is 2.97. The van der Waals surface area contributed by atoms with Gasteiger partial charge in [-0.25, -0.2) is 0 Å². The summed E-state index contributed by atoms with van der Waals surface area (Å²) >= 11 is 6.27. The SMILES string of the molecule is CCOc1ccc(CCNC(c2cccc(Cl)c2)c2nnc(-c3ccccc3)o2)cc1OCC.Cl. The standard InChI is InChI=1S/C27H28ClN3O3.ClH/c1-3-32-23-14-13-19(17-24(23)33-4-2)15-16-29-25(21-11-8-12-22(28)18-21)27-31-30-26(34-27)20-9-6-5-7-10-20;/h5-14,17-18,25,29H,3-4,15-16H2,1-2H3;1H. The van der Waals surface area contributed by atoms with Crippen LogP contribution >= 0.6 is 24.0 Å². The van der Waals surface area contributed by atoms with Crippen LogP contribution in [0.25, 0.3) is 11.5 Å². The van der Waals surface area contributed by atoms with E-state index in [1.807, 2.05) is 80.6 Å². The van der Waals surface area contributed by atoms with E-state index < -0.39 is 0 Å². The van der Waals surface area contributed by atoms with Crippen LogP contribution in [0.3, 0.4) is 0 Å². The first-order valence-electron chi connectivity index (χ1n) is 11.4. The van der Waals surface area contributed by atoms with Gasteiger partial charge in [0.15, 0.2) is 11.5 Å². The molecule has 1 heterocycles. The summed E-state index contributed by atoms with van der Waals surface area (Å²) < 4.78 is 17.5. The first-order valence-corrected chi connectivity index (χ1v) is 11.8. The van der Waals surface area contributed by atoms with Gasteiger partial charge in [0.2, 0.25) is 11.8 Å². The van der Waals surface area contributed by atoms with Crippen LogP contribution in [0.4, 0.5) is 0 Å².